The van der Waals surface area contributed by atoms with Gasteiger partial charge < -0.3 is 5.32 Å². The monoisotopic (exact) mass is 387 g/mol. The van der Waals surface area contributed by atoms with Gasteiger partial charge in [0.1, 0.15) is 5.82 Å². The molecule has 3 aromatic carbocycles. The summed E-state index contributed by atoms with van der Waals surface area (Å²) in [6.07, 6.45) is 1.80. The minimum absolute atomic E-state index is 0.0181. The number of benzene rings is 3. The maximum absolute atomic E-state index is 14.6. The average molecular weight is 387 g/mol. The Balaban J connectivity index is 1.79. The molecule has 1 N–H and O–H groups in total. The molecule has 1 aromatic heterocycles. The van der Waals surface area contributed by atoms with E-state index < -0.39 is 5.82 Å². The van der Waals surface area contributed by atoms with E-state index >= 15 is 0 Å². The van der Waals surface area contributed by atoms with Gasteiger partial charge in [-0.25, -0.2) is 9.07 Å². The Morgan fingerprint density at radius 3 is 2.55 bits per heavy atom. The Kier molecular flexibility index (Phi) is 4.89. The number of halogens is 1. The van der Waals surface area contributed by atoms with Crippen LogP contribution in [0.2, 0.25) is 0 Å². The van der Waals surface area contributed by atoms with E-state index in [0.29, 0.717) is 16.7 Å². The highest BCUT2D eigenvalue weighted by molar-refractivity contribution is 5.96. The molecule has 0 saturated carbocycles. The fraction of sp³-hybridized carbons (Fsp3) is 0.167. The van der Waals surface area contributed by atoms with Gasteiger partial charge in [0.2, 0.25) is 0 Å². The molecular formula is C24H22FN3O. The van der Waals surface area contributed by atoms with Crippen LogP contribution in [0.5, 0.6) is 0 Å². The van der Waals surface area contributed by atoms with Gasteiger partial charge in [-0.05, 0) is 73.9 Å². The lowest BCUT2D eigenvalue weighted by molar-refractivity contribution is 0.0942. The Morgan fingerprint density at radius 2 is 1.83 bits per heavy atom. The number of amides is 1. The number of aromatic nitrogens is 2. The van der Waals surface area contributed by atoms with E-state index in [4.69, 9.17) is 0 Å². The lowest BCUT2D eigenvalue weighted by Crippen LogP contribution is -2.30. The van der Waals surface area contributed by atoms with Crippen LogP contribution in [0.4, 0.5) is 4.39 Å². The van der Waals surface area contributed by atoms with Gasteiger partial charge in [-0.1, -0.05) is 24.3 Å². The predicted molar refractivity (Wildman–Crippen MR) is 114 cm³/mol. The van der Waals surface area contributed by atoms with Crippen molar-refractivity contribution in [3.63, 3.8) is 0 Å². The molecule has 5 heteroatoms. The summed E-state index contributed by atoms with van der Waals surface area (Å²) in [5, 5.41) is 8.26. The molecule has 0 aliphatic rings. The van der Waals surface area contributed by atoms with E-state index in [9.17, 15) is 9.18 Å². The third kappa shape index (κ3) is 3.63. The Morgan fingerprint density at radius 1 is 1.07 bits per heavy atom. The van der Waals surface area contributed by atoms with Crippen molar-refractivity contribution in [1.29, 1.82) is 0 Å². The van der Waals surface area contributed by atoms with Crippen LogP contribution in [-0.4, -0.2) is 21.7 Å². The van der Waals surface area contributed by atoms with E-state index in [1.807, 2.05) is 67.1 Å². The molecule has 4 nitrogen and oxygen atoms in total. The number of carbonyl (C=O) groups is 1. The molecule has 0 fully saturated rings. The van der Waals surface area contributed by atoms with E-state index in [1.54, 1.807) is 19.2 Å². The number of nitrogens with one attached hydrogen (secondary N) is 1. The molecule has 1 heterocycles. The highest BCUT2D eigenvalue weighted by Gasteiger charge is 2.15. The Labute approximate surface area is 169 Å². The Bertz CT molecular complexity index is 1200. The molecule has 0 radical (unpaired) electrons. The van der Waals surface area contributed by atoms with Gasteiger partial charge in [-0.15, -0.1) is 0 Å². The van der Waals surface area contributed by atoms with E-state index in [1.165, 1.54) is 6.07 Å². The first kappa shape index (κ1) is 18.9. The normalized spacial score (nSPS) is 11.2. The van der Waals surface area contributed by atoms with Crippen LogP contribution in [0.1, 0.15) is 29.8 Å². The van der Waals surface area contributed by atoms with Crippen molar-refractivity contribution in [1.82, 2.24) is 15.1 Å². The van der Waals surface area contributed by atoms with Crippen LogP contribution >= 0.6 is 0 Å². The van der Waals surface area contributed by atoms with Crippen molar-refractivity contribution in [3.8, 4) is 16.8 Å². The average Bonchev–Trinajstić information content (AvgIpc) is 3.13. The van der Waals surface area contributed by atoms with E-state index in [2.05, 4.69) is 10.4 Å². The molecule has 0 aliphatic carbocycles. The van der Waals surface area contributed by atoms with Crippen molar-refractivity contribution in [3.05, 3.63) is 83.8 Å². The lowest BCUT2D eigenvalue weighted by Gasteiger charge is -2.13. The second-order valence-electron chi connectivity index (χ2n) is 7.42. The topological polar surface area (TPSA) is 46.9 Å². The number of hydrogen-bond donors (Lipinski definition) is 1. The summed E-state index contributed by atoms with van der Waals surface area (Å²) in [7, 11) is 0. The maximum atomic E-state index is 14.6. The molecule has 1 amide bonds. The smallest absolute Gasteiger partial charge is 0.251 e. The van der Waals surface area contributed by atoms with E-state index in [0.717, 1.165) is 22.2 Å². The molecule has 0 aliphatic heterocycles. The second-order valence-corrected chi connectivity index (χ2v) is 7.42. The van der Waals surface area contributed by atoms with Crippen LogP contribution in [0.15, 0.2) is 66.9 Å². The molecular weight excluding hydrogens is 365 g/mol. The summed E-state index contributed by atoms with van der Waals surface area (Å²) in [4.78, 5) is 12.4. The van der Waals surface area contributed by atoms with Gasteiger partial charge in [0.15, 0.2) is 0 Å². The highest BCUT2D eigenvalue weighted by Crippen LogP contribution is 2.30. The van der Waals surface area contributed by atoms with Crippen molar-refractivity contribution in [2.45, 2.75) is 26.8 Å². The van der Waals surface area contributed by atoms with E-state index in [-0.39, 0.29) is 11.9 Å². The molecule has 0 unspecified atom stereocenters. The molecule has 4 rings (SSSR count). The summed E-state index contributed by atoms with van der Waals surface area (Å²) in [5.74, 6) is -0.672. The number of fused-ring (bicyclic) bond motifs is 1. The summed E-state index contributed by atoms with van der Waals surface area (Å²) < 4.78 is 16.4. The van der Waals surface area contributed by atoms with Crippen LogP contribution in [0, 0.1) is 12.7 Å². The van der Waals surface area contributed by atoms with Crippen LogP contribution in [0.3, 0.4) is 0 Å². The number of hydrogen-bond acceptors (Lipinski definition) is 2. The number of rotatable bonds is 4. The molecule has 29 heavy (non-hydrogen) atoms. The van der Waals surface area contributed by atoms with Gasteiger partial charge in [-0.2, -0.15) is 5.10 Å². The van der Waals surface area contributed by atoms with Crippen molar-refractivity contribution in [2.24, 2.45) is 0 Å². The standard InChI is InChI=1S/C24H22FN3O/c1-15(2)27-24(29)18-12-21(16(3)22(25)13-18)17-9-10-23-19(11-17)14-26-28(23)20-7-5-4-6-8-20/h4-15H,1-3H3,(H,27,29). The minimum atomic E-state index is -0.392. The first-order valence-corrected chi connectivity index (χ1v) is 9.58. The fourth-order valence-corrected chi connectivity index (χ4v) is 3.43. The van der Waals surface area contributed by atoms with Gasteiger partial charge in [0.05, 0.1) is 17.4 Å². The number of para-hydroxylation sites is 1. The van der Waals surface area contributed by atoms with Gasteiger partial charge >= 0.3 is 0 Å². The summed E-state index contributed by atoms with van der Waals surface area (Å²) in [6.45, 7) is 5.48. The third-order valence-corrected chi connectivity index (χ3v) is 4.91. The summed E-state index contributed by atoms with van der Waals surface area (Å²) in [6, 6.07) is 18.8. The quantitative estimate of drug-likeness (QED) is 0.518. The van der Waals surface area contributed by atoms with Crippen molar-refractivity contribution in [2.75, 3.05) is 0 Å². The molecule has 0 spiro atoms. The number of carbonyl (C=O) groups excluding carboxylic acids is 1. The van der Waals surface area contributed by atoms with Gasteiger partial charge in [0, 0.05) is 17.0 Å². The summed E-state index contributed by atoms with van der Waals surface area (Å²) >= 11 is 0. The lowest BCUT2D eigenvalue weighted by atomic mass is 9.96. The van der Waals surface area contributed by atoms with Crippen LogP contribution < -0.4 is 5.32 Å². The molecule has 0 atom stereocenters. The zero-order valence-electron chi connectivity index (χ0n) is 16.6. The van der Waals surface area contributed by atoms with Gasteiger partial charge in [0.25, 0.3) is 5.91 Å². The van der Waals surface area contributed by atoms with Gasteiger partial charge in [-0.3, -0.25) is 4.79 Å². The van der Waals surface area contributed by atoms with Crippen molar-refractivity contribution < 1.29 is 9.18 Å². The SMILES string of the molecule is Cc1c(F)cc(C(=O)NC(C)C)cc1-c1ccc2c(cnn2-c2ccccc2)c1. The predicted octanol–water partition coefficient (Wildman–Crippen LogP) is 5.28. The van der Waals surface area contributed by atoms with Crippen LogP contribution in [0.25, 0.3) is 27.7 Å². The minimum Gasteiger partial charge on any atom is -0.350 e. The number of nitrogens with zero attached hydrogens (tertiary/aromatic N) is 2. The zero-order chi connectivity index (χ0) is 20.5. The molecule has 146 valence electrons. The highest BCUT2D eigenvalue weighted by atomic mass is 19.1. The second kappa shape index (κ2) is 7.51. The molecule has 4 aromatic rings. The largest absolute Gasteiger partial charge is 0.350 e. The first-order valence-electron chi connectivity index (χ1n) is 9.58. The maximum Gasteiger partial charge on any atom is 0.251 e. The Hall–Kier alpha value is -3.47. The first-order chi connectivity index (χ1) is 13.9. The third-order valence-electron chi connectivity index (χ3n) is 4.91. The summed E-state index contributed by atoms with van der Waals surface area (Å²) in [5.41, 5.74) is 4.32. The van der Waals surface area contributed by atoms with Crippen LogP contribution in [-0.2, 0) is 0 Å². The van der Waals surface area contributed by atoms with Crippen molar-refractivity contribution >= 4 is 16.8 Å². The molecule has 0 bridgehead atoms. The zero-order valence-corrected chi connectivity index (χ0v) is 16.6. The molecule has 0 saturated heterocycles. The fourth-order valence-electron chi connectivity index (χ4n) is 3.43.